The summed E-state index contributed by atoms with van der Waals surface area (Å²) < 4.78 is 5.54. The number of nitrogens with zero attached hydrogens (tertiary/aromatic N) is 1. The lowest BCUT2D eigenvalue weighted by Gasteiger charge is -2.36. The summed E-state index contributed by atoms with van der Waals surface area (Å²) in [6, 6.07) is 10.7. The molecule has 1 fully saturated rings. The van der Waals surface area contributed by atoms with Gasteiger partial charge in [-0.25, -0.2) is 4.79 Å². The summed E-state index contributed by atoms with van der Waals surface area (Å²) >= 11 is 0. The van der Waals surface area contributed by atoms with E-state index in [1.165, 1.54) is 6.42 Å². The predicted octanol–water partition coefficient (Wildman–Crippen LogP) is 6.65. The number of hydrogen-bond acceptors (Lipinski definition) is 5. The normalized spacial score (nSPS) is 15.3. The van der Waals surface area contributed by atoms with Crippen molar-refractivity contribution in [2.75, 3.05) is 6.54 Å². The van der Waals surface area contributed by atoms with E-state index in [1.807, 2.05) is 32.0 Å². The van der Waals surface area contributed by atoms with Crippen molar-refractivity contribution in [3.05, 3.63) is 64.7 Å². The highest BCUT2D eigenvalue weighted by Crippen LogP contribution is 2.28. The molecule has 1 saturated carbocycles. The molecule has 1 aliphatic carbocycles. The summed E-state index contributed by atoms with van der Waals surface area (Å²) in [4.78, 5) is 43.4. The molecule has 1 aliphatic rings. The topological polar surface area (TPSA) is 108 Å². The van der Waals surface area contributed by atoms with Crippen LogP contribution in [0.5, 0.6) is 5.75 Å². The van der Waals surface area contributed by atoms with Gasteiger partial charge in [-0.3, -0.25) is 9.59 Å². The first kappa shape index (κ1) is 33.9. The van der Waals surface area contributed by atoms with E-state index in [9.17, 15) is 19.5 Å². The Kier molecular flexibility index (Phi) is 12.5. The van der Waals surface area contributed by atoms with Crippen LogP contribution in [-0.2, 0) is 20.7 Å². The maximum absolute atomic E-state index is 14.6. The van der Waals surface area contributed by atoms with Crippen LogP contribution < -0.4 is 10.6 Å². The number of rotatable bonds is 12. The second-order valence-electron chi connectivity index (χ2n) is 12.9. The van der Waals surface area contributed by atoms with Crippen LogP contribution in [0.4, 0.5) is 4.79 Å². The summed E-state index contributed by atoms with van der Waals surface area (Å²) in [6.07, 6.45) is 7.23. The van der Waals surface area contributed by atoms with Crippen LogP contribution >= 0.6 is 0 Å². The summed E-state index contributed by atoms with van der Waals surface area (Å²) in [5.41, 5.74) is 2.91. The number of hydrogen-bond donors (Lipinski definition) is 3. The van der Waals surface area contributed by atoms with E-state index in [1.54, 1.807) is 49.9 Å². The number of amides is 3. The highest BCUT2D eigenvalue weighted by Gasteiger charge is 2.37. The van der Waals surface area contributed by atoms with E-state index in [0.29, 0.717) is 6.54 Å². The maximum Gasteiger partial charge on any atom is 0.408 e. The van der Waals surface area contributed by atoms with Crippen LogP contribution in [-0.4, -0.2) is 52.1 Å². The van der Waals surface area contributed by atoms with Gasteiger partial charge in [-0.1, -0.05) is 69.4 Å². The minimum Gasteiger partial charge on any atom is -0.508 e. The van der Waals surface area contributed by atoms with Crippen molar-refractivity contribution < 1.29 is 24.2 Å². The summed E-state index contributed by atoms with van der Waals surface area (Å²) in [6.45, 7) is 11.8. The van der Waals surface area contributed by atoms with Crippen molar-refractivity contribution in [3.63, 3.8) is 0 Å². The molecule has 3 amide bonds. The van der Waals surface area contributed by atoms with Crippen molar-refractivity contribution in [2.24, 2.45) is 0 Å². The molecule has 3 N–H and O–H groups in total. The Morgan fingerprint density at radius 2 is 1.65 bits per heavy atom. The molecule has 2 unspecified atom stereocenters. The largest absolute Gasteiger partial charge is 0.508 e. The second-order valence-corrected chi connectivity index (χ2v) is 12.9. The summed E-state index contributed by atoms with van der Waals surface area (Å²) in [7, 11) is 0. The Bertz CT molecular complexity index is 1210. The second kappa shape index (κ2) is 15.8. The van der Waals surface area contributed by atoms with Crippen molar-refractivity contribution >= 4 is 17.9 Å². The van der Waals surface area contributed by atoms with E-state index in [-0.39, 0.29) is 30.0 Å². The number of aryl methyl sites for hydroxylation is 2. The van der Waals surface area contributed by atoms with Crippen LogP contribution in [0.3, 0.4) is 0 Å². The van der Waals surface area contributed by atoms with Gasteiger partial charge in [-0.2, -0.15) is 0 Å². The number of phenols is 1. The van der Waals surface area contributed by atoms with E-state index >= 15 is 0 Å². The van der Waals surface area contributed by atoms with Crippen LogP contribution in [0, 0.1) is 13.8 Å². The molecule has 0 radical (unpaired) electrons. The number of ether oxygens (including phenoxy) is 1. The van der Waals surface area contributed by atoms with Crippen molar-refractivity contribution in [1.82, 2.24) is 15.5 Å². The minimum atomic E-state index is -0.988. The lowest BCUT2D eigenvalue weighted by molar-refractivity contribution is -0.143. The molecule has 0 aromatic heterocycles. The Hall–Kier alpha value is -3.55. The molecule has 2 aromatic carbocycles. The molecular formula is C35H51N3O5. The molecular weight excluding hydrogens is 542 g/mol. The van der Waals surface area contributed by atoms with E-state index in [2.05, 4.69) is 17.6 Å². The average Bonchev–Trinajstić information content (AvgIpc) is 2.94. The van der Waals surface area contributed by atoms with Crippen LogP contribution in [0.2, 0.25) is 0 Å². The van der Waals surface area contributed by atoms with Gasteiger partial charge in [0.25, 0.3) is 0 Å². The molecule has 0 aliphatic heterocycles. The van der Waals surface area contributed by atoms with Crippen LogP contribution in [0.25, 0.3) is 0 Å². The fourth-order valence-electron chi connectivity index (χ4n) is 5.55. The maximum atomic E-state index is 14.6. The van der Waals surface area contributed by atoms with Crippen LogP contribution in [0.1, 0.15) is 107 Å². The average molecular weight is 594 g/mol. The van der Waals surface area contributed by atoms with Crippen LogP contribution in [0.15, 0.2) is 42.5 Å². The fourth-order valence-corrected chi connectivity index (χ4v) is 5.55. The lowest BCUT2D eigenvalue weighted by Crippen LogP contribution is -2.54. The fraction of sp³-hybridized carbons (Fsp3) is 0.571. The van der Waals surface area contributed by atoms with Gasteiger partial charge in [0.15, 0.2) is 0 Å². The zero-order chi connectivity index (χ0) is 31.6. The smallest absolute Gasteiger partial charge is 0.408 e. The molecule has 3 rings (SSSR count). The van der Waals surface area contributed by atoms with Gasteiger partial charge >= 0.3 is 6.09 Å². The first-order valence-electron chi connectivity index (χ1n) is 15.8. The van der Waals surface area contributed by atoms with E-state index in [4.69, 9.17) is 4.74 Å². The number of alkyl carbamates (subject to hydrolysis) is 1. The quantitative estimate of drug-likeness (QED) is 0.239. The third-order valence-corrected chi connectivity index (χ3v) is 8.01. The molecule has 2 atom stereocenters. The molecule has 236 valence electrons. The Balaban J connectivity index is 2.04. The summed E-state index contributed by atoms with van der Waals surface area (Å²) in [5, 5.41) is 15.9. The number of carbonyl (C=O) groups excluding carboxylic acids is 3. The van der Waals surface area contributed by atoms with Crippen molar-refractivity contribution in [3.8, 4) is 5.75 Å². The zero-order valence-electron chi connectivity index (χ0n) is 26.9. The standard InChI is InChI=1S/C35H51N3O5/c1-7-8-12-21-38(31(27-18-15-24(2)25(3)22-27)32(40)36-28-13-10-9-11-14-28)33(41)30(37-34(42)43-35(4,5)6)23-26-16-19-29(39)20-17-26/h15-20,22,28,30-31,39H,7-14,21,23H2,1-6H3,(H,36,40)(H,37,42). The van der Waals surface area contributed by atoms with Gasteiger partial charge in [0.2, 0.25) is 11.8 Å². The monoisotopic (exact) mass is 593 g/mol. The van der Waals surface area contributed by atoms with Gasteiger partial charge in [-0.15, -0.1) is 0 Å². The Labute approximate surface area is 257 Å². The molecule has 43 heavy (non-hydrogen) atoms. The van der Waals surface area contributed by atoms with E-state index < -0.39 is 23.8 Å². The highest BCUT2D eigenvalue weighted by molar-refractivity contribution is 5.92. The third-order valence-electron chi connectivity index (χ3n) is 8.01. The minimum absolute atomic E-state index is 0.0792. The number of unbranched alkanes of at least 4 members (excludes halogenated alkanes) is 2. The van der Waals surface area contributed by atoms with E-state index in [0.717, 1.165) is 67.2 Å². The number of aromatic hydroxyl groups is 1. The first-order chi connectivity index (χ1) is 20.4. The molecule has 0 heterocycles. The molecule has 8 nitrogen and oxygen atoms in total. The third kappa shape index (κ3) is 10.6. The molecule has 0 spiro atoms. The van der Waals surface area contributed by atoms with Gasteiger partial charge in [0.1, 0.15) is 23.4 Å². The highest BCUT2D eigenvalue weighted by atomic mass is 16.6. The molecule has 8 heteroatoms. The van der Waals surface area contributed by atoms with Gasteiger partial charge < -0.3 is 25.4 Å². The summed E-state index contributed by atoms with van der Waals surface area (Å²) in [5.74, 6) is -0.431. The lowest BCUT2D eigenvalue weighted by atomic mass is 9.93. The molecule has 2 aromatic rings. The van der Waals surface area contributed by atoms with Crippen molar-refractivity contribution in [2.45, 2.75) is 123 Å². The van der Waals surface area contributed by atoms with Gasteiger partial charge in [-0.05, 0) is 88.3 Å². The SMILES string of the molecule is CCCCCN(C(=O)C(Cc1ccc(O)cc1)NC(=O)OC(C)(C)C)C(C(=O)NC1CCCCC1)c1ccc(C)c(C)c1. The number of phenolic OH excluding ortho intramolecular Hbond substituents is 1. The van der Waals surface area contributed by atoms with Gasteiger partial charge in [0, 0.05) is 19.0 Å². The Morgan fingerprint density at radius 3 is 2.26 bits per heavy atom. The number of nitrogens with one attached hydrogen (secondary N) is 2. The van der Waals surface area contributed by atoms with Crippen molar-refractivity contribution in [1.29, 1.82) is 0 Å². The Morgan fingerprint density at radius 1 is 0.977 bits per heavy atom. The number of benzene rings is 2. The predicted molar refractivity (Wildman–Crippen MR) is 170 cm³/mol. The molecule has 0 bridgehead atoms. The number of carbonyl (C=O) groups is 3. The molecule has 0 saturated heterocycles. The first-order valence-corrected chi connectivity index (χ1v) is 15.8. The zero-order valence-corrected chi connectivity index (χ0v) is 26.9. The van der Waals surface area contributed by atoms with Gasteiger partial charge in [0.05, 0.1) is 0 Å².